The van der Waals surface area contributed by atoms with Crippen LogP contribution in [0.1, 0.15) is 21.5 Å². The smallest absolute Gasteiger partial charge is 0.267 e. The molecule has 1 heterocycles. The summed E-state index contributed by atoms with van der Waals surface area (Å²) in [6, 6.07) is 8.24. The van der Waals surface area contributed by atoms with Gasteiger partial charge in [-0.3, -0.25) is 24.7 Å². The number of rotatable bonds is 5. The van der Waals surface area contributed by atoms with Crippen molar-refractivity contribution in [2.45, 2.75) is 12.5 Å². The van der Waals surface area contributed by atoms with E-state index in [9.17, 15) is 18.8 Å². The van der Waals surface area contributed by atoms with Crippen LogP contribution in [-0.2, 0) is 15.1 Å². The fourth-order valence-corrected chi connectivity index (χ4v) is 3.54. The van der Waals surface area contributed by atoms with Crippen molar-refractivity contribution in [2.24, 2.45) is 10.7 Å². The number of anilines is 1. The summed E-state index contributed by atoms with van der Waals surface area (Å²) in [7, 11) is 1.43. The summed E-state index contributed by atoms with van der Waals surface area (Å²) in [5.41, 5.74) is 5.59. The number of hydrogen-bond donors (Lipinski definition) is 4. The Hall–Kier alpha value is -3.30. The molecule has 1 unspecified atom stereocenters. The van der Waals surface area contributed by atoms with Crippen LogP contribution >= 0.6 is 11.6 Å². The standard InChI is InChI=1S/C20H19ClFN5O3/c1-10-7-11(20(19(23)30)16(18(29)24-2)25-9-26-20)3-6-15(10)27-17(28)13-5-4-12(22)8-14(13)21/h3-8,26H,9H2,1-2H3,(H2,23,30)(H,24,29)(H,27,28). The van der Waals surface area contributed by atoms with Gasteiger partial charge in [-0.15, -0.1) is 0 Å². The Morgan fingerprint density at radius 1 is 1.20 bits per heavy atom. The number of benzene rings is 2. The average molecular weight is 432 g/mol. The maximum Gasteiger partial charge on any atom is 0.267 e. The van der Waals surface area contributed by atoms with Crippen molar-refractivity contribution in [2.75, 3.05) is 19.0 Å². The van der Waals surface area contributed by atoms with Gasteiger partial charge in [-0.2, -0.15) is 0 Å². The van der Waals surface area contributed by atoms with Gasteiger partial charge in [0.15, 0.2) is 5.54 Å². The average Bonchev–Trinajstić information content (AvgIpc) is 3.15. The molecule has 0 radical (unpaired) electrons. The zero-order chi connectivity index (χ0) is 22.1. The van der Waals surface area contributed by atoms with Gasteiger partial charge >= 0.3 is 0 Å². The monoisotopic (exact) mass is 431 g/mol. The zero-order valence-corrected chi connectivity index (χ0v) is 16.9. The first-order chi connectivity index (χ1) is 14.2. The quantitative estimate of drug-likeness (QED) is 0.571. The van der Waals surface area contributed by atoms with Crippen LogP contribution in [0.15, 0.2) is 41.4 Å². The second kappa shape index (κ2) is 8.21. The van der Waals surface area contributed by atoms with Crippen molar-refractivity contribution >= 4 is 40.7 Å². The molecule has 0 aromatic heterocycles. The Bertz CT molecular complexity index is 1090. The fraction of sp³-hybridized carbons (Fsp3) is 0.200. The molecular formula is C20H19ClFN5O3. The van der Waals surface area contributed by atoms with Gasteiger partial charge in [0.25, 0.3) is 11.8 Å². The van der Waals surface area contributed by atoms with E-state index in [1.54, 1.807) is 25.1 Å². The van der Waals surface area contributed by atoms with E-state index in [1.165, 1.54) is 13.1 Å². The van der Waals surface area contributed by atoms with Crippen LogP contribution in [0.3, 0.4) is 0 Å². The molecule has 30 heavy (non-hydrogen) atoms. The number of nitrogens with two attached hydrogens (primary N) is 1. The van der Waals surface area contributed by atoms with Crippen LogP contribution in [0.4, 0.5) is 10.1 Å². The van der Waals surface area contributed by atoms with Crippen LogP contribution in [0.25, 0.3) is 0 Å². The molecule has 0 aliphatic carbocycles. The molecule has 0 bridgehead atoms. The lowest BCUT2D eigenvalue weighted by Gasteiger charge is -2.28. The maximum absolute atomic E-state index is 13.2. The number of amides is 3. The fourth-order valence-electron chi connectivity index (χ4n) is 3.29. The number of hydrogen-bond acceptors (Lipinski definition) is 5. The van der Waals surface area contributed by atoms with Crippen LogP contribution in [-0.4, -0.2) is 37.1 Å². The number of primary amides is 1. The van der Waals surface area contributed by atoms with Crippen LogP contribution in [0.2, 0.25) is 5.02 Å². The molecule has 0 saturated heterocycles. The van der Waals surface area contributed by atoms with Crippen molar-refractivity contribution in [1.82, 2.24) is 10.6 Å². The highest BCUT2D eigenvalue weighted by Gasteiger charge is 2.49. The highest BCUT2D eigenvalue weighted by molar-refractivity contribution is 6.47. The van der Waals surface area contributed by atoms with E-state index in [-0.39, 0.29) is 23.0 Å². The molecule has 1 atom stereocenters. The number of carbonyl (C=O) groups is 3. The van der Waals surface area contributed by atoms with Gasteiger partial charge < -0.3 is 16.4 Å². The lowest BCUT2D eigenvalue weighted by molar-refractivity contribution is -0.123. The van der Waals surface area contributed by atoms with Crippen LogP contribution in [0, 0.1) is 12.7 Å². The van der Waals surface area contributed by atoms with E-state index >= 15 is 0 Å². The molecule has 156 valence electrons. The summed E-state index contributed by atoms with van der Waals surface area (Å²) in [5.74, 6) is -2.38. The number of nitrogens with one attached hydrogen (secondary N) is 3. The summed E-state index contributed by atoms with van der Waals surface area (Å²) < 4.78 is 13.2. The van der Waals surface area contributed by atoms with Gasteiger partial charge in [-0.25, -0.2) is 4.39 Å². The van der Waals surface area contributed by atoms with Gasteiger partial charge in [-0.05, 0) is 42.3 Å². The third-order valence-electron chi connectivity index (χ3n) is 4.83. The van der Waals surface area contributed by atoms with Crippen molar-refractivity contribution in [3.63, 3.8) is 0 Å². The molecule has 2 aromatic rings. The Balaban J connectivity index is 1.94. The van der Waals surface area contributed by atoms with E-state index in [2.05, 4.69) is 20.9 Å². The maximum atomic E-state index is 13.2. The molecule has 8 nitrogen and oxygen atoms in total. The normalized spacial score (nSPS) is 17.9. The number of halogens is 2. The van der Waals surface area contributed by atoms with Crippen LogP contribution in [0.5, 0.6) is 0 Å². The Kier molecular flexibility index (Phi) is 5.86. The molecular weight excluding hydrogens is 413 g/mol. The van der Waals surface area contributed by atoms with Crippen LogP contribution < -0.4 is 21.7 Å². The van der Waals surface area contributed by atoms with E-state index in [1.807, 2.05) is 0 Å². The SMILES string of the molecule is CNC(=O)C1=NCNC1(C(N)=O)c1ccc(NC(=O)c2ccc(F)cc2Cl)c(C)c1. The first-order valence-corrected chi connectivity index (χ1v) is 9.28. The zero-order valence-electron chi connectivity index (χ0n) is 16.2. The minimum atomic E-state index is -1.59. The number of carbonyl (C=O) groups excluding carboxylic acids is 3. The predicted molar refractivity (Wildman–Crippen MR) is 111 cm³/mol. The van der Waals surface area contributed by atoms with Gasteiger partial charge in [0, 0.05) is 12.7 Å². The molecule has 0 saturated carbocycles. The Labute approximate surface area is 176 Å². The van der Waals surface area contributed by atoms with Gasteiger partial charge in [0.1, 0.15) is 11.5 Å². The van der Waals surface area contributed by atoms with Crippen molar-refractivity contribution in [3.8, 4) is 0 Å². The number of aliphatic imine (C=N–C) groups is 1. The van der Waals surface area contributed by atoms with E-state index in [0.29, 0.717) is 16.8 Å². The molecule has 5 N–H and O–H groups in total. The summed E-state index contributed by atoms with van der Waals surface area (Å²) in [4.78, 5) is 41.2. The van der Waals surface area contributed by atoms with Crippen molar-refractivity contribution in [3.05, 3.63) is 63.9 Å². The van der Waals surface area contributed by atoms with E-state index in [4.69, 9.17) is 17.3 Å². The van der Waals surface area contributed by atoms with Gasteiger partial charge in [0.05, 0.1) is 17.3 Å². The second-order valence-corrected chi connectivity index (χ2v) is 7.05. The van der Waals surface area contributed by atoms with Crippen molar-refractivity contribution in [1.29, 1.82) is 0 Å². The Morgan fingerprint density at radius 2 is 1.93 bits per heavy atom. The second-order valence-electron chi connectivity index (χ2n) is 6.64. The molecule has 10 heteroatoms. The molecule has 1 aliphatic rings. The number of aryl methyl sites for hydroxylation is 1. The summed E-state index contributed by atoms with van der Waals surface area (Å²) in [5, 5.41) is 8.03. The summed E-state index contributed by atoms with van der Waals surface area (Å²) >= 11 is 5.94. The molecule has 0 fully saturated rings. The van der Waals surface area contributed by atoms with Gasteiger partial charge in [0.2, 0.25) is 5.91 Å². The third-order valence-corrected chi connectivity index (χ3v) is 5.14. The van der Waals surface area contributed by atoms with Crippen molar-refractivity contribution < 1.29 is 18.8 Å². The molecule has 1 aliphatic heterocycles. The summed E-state index contributed by atoms with van der Waals surface area (Å²) in [6.07, 6.45) is 0. The first kappa shape index (κ1) is 21.4. The number of nitrogens with zero attached hydrogens (tertiary/aromatic N) is 1. The predicted octanol–water partition coefficient (Wildman–Crippen LogP) is 1.47. The third kappa shape index (κ3) is 3.64. The minimum Gasteiger partial charge on any atom is -0.367 e. The largest absolute Gasteiger partial charge is 0.367 e. The molecule has 2 aromatic carbocycles. The lowest BCUT2D eigenvalue weighted by Crippen LogP contribution is -2.58. The van der Waals surface area contributed by atoms with Gasteiger partial charge in [-0.1, -0.05) is 23.7 Å². The first-order valence-electron chi connectivity index (χ1n) is 8.90. The molecule has 3 rings (SSSR count). The molecule has 3 amide bonds. The Morgan fingerprint density at radius 3 is 2.53 bits per heavy atom. The minimum absolute atomic E-state index is 0.0176. The molecule has 0 spiro atoms. The van der Waals surface area contributed by atoms with E-state index < -0.39 is 29.1 Å². The van der Waals surface area contributed by atoms with E-state index in [0.717, 1.165) is 12.1 Å². The highest BCUT2D eigenvalue weighted by atomic mass is 35.5. The lowest BCUT2D eigenvalue weighted by atomic mass is 9.83. The topological polar surface area (TPSA) is 126 Å². The summed E-state index contributed by atoms with van der Waals surface area (Å²) in [6.45, 7) is 1.76. The highest BCUT2D eigenvalue weighted by Crippen LogP contribution is 2.30.